The van der Waals surface area contributed by atoms with Gasteiger partial charge in [0.15, 0.2) is 0 Å². The second-order valence-corrected chi connectivity index (χ2v) is 6.53. The van der Waals surface area contributed by atoms with Crippen LogP contribution in [0.2, 0.25) is 0 Å². The van der Waals surface area contributed by atoms with Gasteiger partial charge in [0.1, 0.15) is 0 Å². The summed E-state index contributed by atoms with van der Waals surface area (Å²) in [6.07, 6.45) is 4.22. The first kappa shape index (κ1) is 20.7. The van der Waals surface area contributed by atoms with Crippen LogP contribution < -0.4 is 10.7 Å². The number of carbonyl (C=O) groups is 2. The number of carbonyl (C=O) groups excluding carboxylic acids is 2. The summed E-state index contributed by atoms with van der Waals surface area (Å²) < 4.78 is 0. The van der Waals surface area contributed by atoms with E-state index < -0.39 is 0 Å². The third-order valence-electron chi connectivity index (χ3n) is 4.33. The Morgan fingerprint density at radius 2 is 1.47 bits per heavy atom. The lowest BCUT2D eigenvalue weighted by atomic mass is 10.1. The third kappa shape index (κ3) is 6.01. The summed E-state index contributed by atoms with van der Waals surface area (Å²) in [5, 5.41) is 7.08. The number of hydrogen-bond acceptors (Lipinski definition) is 3. The number of nitrogens with one attached hydrogen (secondary N) is 2. The number of allylic oxidation sites excluding steroid dienone is 1. The summed E-state index contributed by atoms with van der Waals surface area (Å²) in [6.45, 7) is 1.78. The van der Waals surface area contributed by atoms with Crippen molar-refractivity contribution in [3.63, 3.8) is 0 Å². The van der Waals surface area contributed by atoms with Gasteiger partial charge in [0.25, 0.3) is 5.91 Å². The highest BCUT2D eigenvalue weighted by molar-refractivity contribution is 6.11. The number of rotatable bonds is 7. The molecule has 0 bridgehead atoms. The van der Waals surface area contributed by atoms with Gasteiger partial charge in [-0.3, -0.25) is 9.59 Å². The van der Waals surface area contributed by atoms with E-state index >= 15 is 0 Å². The molecule has 0 radical (unpaired) electrons. The van der Waals surface area contributed by atoms with Gasteiger partial charge >= 0.3 is 0 Å². The second kappa shape index (κ2) is 10.5. The zero-order valence-corrected chi connectivity index (χ0v) is 16.7. The zero-order valence-electron chi connectivity index (χ0n) is 16.7. The fraction of sp³-hybridized carbons (Fsp3) is 0.0800. The molecule has 0 aliphatic heterocycles. The van der Waals surface area contributed by atoms with Crippen molar-refractivity contribution in [1.29, 1.82) is 0 Å². The van der Waals surface area contributed by atoms with Crippen LogP contribution in [0.5, 0.6) is 0 Å². The molecule has 0 aliphatic rings. The highest BCUT2D eigenvalue weighted by atomic mass is 16.2. The molecule has 0 atom stereocenters. The van der Waals surface area contributed by atoms with E-state index in [-0.39, 0.29) is 11.8 Å². The molecule has 3 aromatic carbocycles. The van der Waals surface area contributed by atoms with Gasteiger partial charge in [-0.2, -0.15) is 5.10 Å². The smallest absolute Gasteiger partial charge is 0.271 e. The summed E-state index contributed by atoms with van der Waals surface area (Å²) in [5.41, 5.74) is 6.29. The van der Waals surface area contributed by atoms with Crippen LogP contribution >= 0.6 is 0 Å². The van der Waals surface area contributed by atoms with E-state index in [1.165, 1.54) is 0 Å². The highest BCUT2D eigenvalue weighted by Gasteiger charge is 2.07. The molecule has 0 saturated carbocycles. The molecule has 3 aromatic rings. The molecule has 2 N–H and O–H groups in total. The number of benzene rings is 3. The molecule has 150 valence electrons. The molecule has 5 heteroatoms. The third-order valence-corrected chi connectivity index (χ3v) is 4.33. The first-order valence-electron chi connectivity index (χ1n) is 9.72. The molecule has 0 heterocycles. The van der Waals surface area contributed by atoms with Crippen LogP contribution in [0.25, 0.3) is 6.08 Å². The quantitative estimate of drug-likeness (QED) is 0.440. The molecule has 3 rings (SSSR count). The molecule has 0 spiro atoms. The van der Waals surface area contributed by atoms with Crippen molar-refractivity contribution in [2.75, 3.05) is 5.32 Å². The van der Waals surface area contributed by atoms with E-state index in [2.05, 4.69) is 15.8 Å². The van der Waals surface area contributed by atoms with E-state index in [9.17, 15) is 9.59 Å². The Balaban J connectivity index is 1.75. The molecule has 2 amide bonds. The standard InChI is InChI=1S/C25H23N3O2/c1-2-24(29)26-22-16-14-21(15-17-22)25(30)28-27-23(20-11-7-4-8-12-20)18-13-19-9-5-3-6-10-19/h3-18H,2H2,1H3,(H,26,29)(H,28,30)/b18-13+,27-23+. The van der Waals surface area contributed by atoms with Gasteiger partial charge in [-0.25, -0.2) is 5.43 Å². The van der Waals surface area contributed by atoms with Gasteiger partial charge < -0.3 is 5.32 Å². The zero-order chi connectivity index (χ0) is 21.2. The Morgan fingerprint density at radius 3 is 2.10 bits per heavy atom. The Kier molecular flexibility index (Phi) is 7.28. The van der Waals surface area contributed by atoms with E-state index in [1.807, 2.05) is 72.8 Å². The van der Waals surface area contributed by atoms with Crippen LogP contribution in [0.1, 0.15) is 34.8 Å². The van der Waals surface area contributed by atoms with Crippen molar-refractivity contribution < 1.29 is 9.59 Å². The molecule has 5 nitrogen and oxygen atoms in total. The predicted molar refractivity (Wildman–Crippen MR) is 121 cm³/mol. The maximum atomic E-state index is 12.5. The summed E-state index contributed by atoms with van der Waals surface area (Å²) >= 11 is 0. The average Bonchev–Trinajstić information content (AvgIpc) is 2.80. The fourth-order valence-corrected chi connectivity index (χ4v) is 2.68. The van der Waals surface area contributed by atoms with Gasteiger partial charge in [0.05, 0.1) is 5.71 Å². The Labute approximate surface area is 176 Å². The Bertz CT molecular complexity index is 1040. The minimum absolute atomic E-state index is 0.0745. The summed E-state index contributed by atoms with van der Waals surface area (Å²) in [7, 11) is 0. The first-order chi connectivity index (χ1) is 14.7. The van der Waals surface area contributed by atoms with Gasteiger partial charge in [0, 0.05) is 23.2 Å². The normalized spacial score (nSPS) is 11.3. The van der Waals surface area contributed by atoms with Gasteiger partial charge in [0.2, 0.25) is 5.91 Å². The fourth-order valence-electron chi connectivity index (χ4n) is 2.68. The van der Waals surface area contributed by atoms with Crippen molar-refractivity contribution in [3.05, 3.63) is 108 Å². The van der Waals surface area contributed by atoms with Crippen LogP contribution in [-0.2, 0) is 4.79 Å². The van der Waals surface area contributed by atoms with Crippen LogP contribution in [-0.4, -0.2) is 17.5 Å². The van der Waals surface area contributed by atoms with Gasteiger partial charge in [-0.15, -0.1) is 0 Å². The van der Waals surface area contributed by atoms with Crippen molar-refractivity contribution >= 4 is 29.3 Å². The lowest BCUT2D eigenvalue weighted by molar-refractivity contribution is -0.115. The topological polar surface area (TPSA) is 70.6 Å². The SMILES string of the molecule is CCC(=O)Nc1ccc(C(=O)N/N=C(\C=C\c2ccccc2)c2ccccc2)cc1. The maximum absolute atomic E-state index is 12.5. The number of anilines is 1. The molecular weight excluding hydrogens is 374 g/mol. The largest absolute Gasteiger partial charge is 0.326 e. The van der Waals surface area contributed by atoms with Crippen LogP contribution in [0.3, 0.4) is 0 Å². The molecule has 0 fully saturated rings. The van der Waals surface area contributed by atoms with Crippen molar-refractivity contribution in [1.82, 2.24) is 5.43 Å². The summed E-state index contributed by atoms with van der Waals surface area (Å²) in [6, 6.07) is 26.2. The lowest BCUT2D eigenvalue weighted by Gasteiger charge is -2.06. The van der Waals surface area contributed by atoms with Gasteiger partial charge in [-0.05, 0) is 35.9 Å². The minimum atomic E-state index is -0.329. The number of amides is 2. The van der Waals surface area contributed by atoms with E-state index in [0.29, 0.717) is 23.4 Å². The van der Waals surface area contributed by atoms with Crippen molar-refractivity contribution in [2.24, 2.45) is 5.10 Å². The Hall–Kier alpha value is -3.99. The monoisotopic (exact) mass is 397 g/mol. The molecule has 30 heavy (non-hydrogen) atoms. The van der Waals surface area contributed by atoms with Gasteiger partial charge in [-0.1, -0.05) is 73.7 Å². The summed E-state index contributed by atoms with van der Waals surface area (Å²) in [4.78, 5) is 24.0. The average molecular weight is 397 g/mol. The van der Waals surface area contributed by atoms with E-state index in [0.717, 1.165) is 11.1 Å². The minimum Gasteiger partial charge on any atom is -0.326 e. The molecule has 0 saturated heterocycles. The van der Waals surface area contributed by atoms with Crippen molar-refractivity contribution in [2.45, 2.75) is 13.3 Å². The molecule has 0 aromatic heterocycles. The number of nitrogens with zero attached hydrogens (tertiary/aromatic N) is 1. The predicted octanol–water partition coefficient (Wildman–Crippen LogP) is 4.88. The summed E-state index contributed by atoms with van der Waals surface area (Å²) in [5.74, 6) is -0.403. The van der Waals surface area contributed by atoms with Crippen LogP contribution in [0, 0.1) is 0 Å². The molecular formula is C25H23N3O2. The van der Waals surface area contributed by atoms with Crippen molar-refractivity contribution in [3.8, 4) is 0 Å². The molecule has 0 aliphatic carbocycles. The number of hydrogen-bond donors (Lipinski definition) is 2. The molecule has 0 unspecified atom stereocenters. The highest BCUT2D eigenvalue weighted by Crippen LogP contribution is 2.11. The Morgan fingerprint density at radius 1 is 0.833 bits per heavy atom. The van der Waals surface area contributed by atoms with Crippen LogP contribution in [0.15, 0.2) is 96.1 Å². The second-order valence-electron chi connectivity index (χ2n) is 6.53. The van der Waals surface area contributed by atoms with E-state index in [1.54, 1.807) is 31.2 Å². The number of hydrazone groups is 1. The maximum Gasteiger partial charge on any atom is 0.271 e. The first-order valence-corrected chi connectivity index (χ1v) is 9.72. The van der Waals surface area contributed by atoms with Crippen LogP contribution in [0.4, 0.5) is 5.69 Å². The lowest BCUT2D eigenvalue weighted by Crippen LogP contribution is -2.19. The van der Waals surface area contributed by atoms with E-state index in [4.69, 9.17) is 0 Å².